The fraction of sp³-hybridized carbons (Fsp3) is 0.581. The number of anilines is 1. The summed E-state index contributed by atoms with van der Waals surface area (Å²) < 4.78 is 7.53. The second-order valence-electron chi connectivity index (χ2n) is 11.7. The highest BCUT2D eigenvalue weighted by atomic mass is 16.5. The summed E-state index contributed by atoms with van der Waals surface area (Å²) in [4.78, 5) is 19.7. The molecule has 8 nitrogen and oxygen atoms in total. The number of ether oxygens (including phenoxy) is 1. The Balaban J connectivity index is 1.04. The molecule has 0 bridgehead atoms. The SMILES string of the molecule is CO[C@H]1C[C@H](n2ncc3cccc([C@@H](C(=O)O)N4CC[C@@H](CCCCCc5ccc6c(n5)NCCC6)C4)c32)C1. The molecule has 1 saturated heterocycles. The Hall–Kier alpha value is -2.97. The Morgan fingerprint density at radius 1 is 1.21 bits per heavy atom. The molecule has 2 fully saturated rings. The largest absolute Gasteiger partial charge is 0.480 e. The van der Waals surface area contributed by atoms with E-state index in [1.807, 2.05) is 24.4 Å². The first-order valence-corrected chi connectivity index (χ1v) is 14.8. The molecule has 2 aliphatic heterocycles. The van der Waals surface area contributed by atoms with Crippen LogP contribution in [0.1, 0.15) is 80.3 Å². The van der Waals surface area contributed by atoms with Crippen molar-refractivity contribution >= 4 is 22.7 Å². The van der Waals surface area contributed by atoms with E-state index < -0.39 is 12.0 Å². The van der Waals surface area contributed by atoms with E-state index in [0.717, 1.165) is 86.9 Å². The number of hydrogen-bond donors (Lipinski definition) is 2. The molecular formula is C31H41N5O3. The first-order chi connectivity index (χ1) is 19.1. The van der Waals surface area contributed by atoms with E-state index in [1.165, 1.54) is 30.5 Å². The van der Waals surface area contributed by atoms with Crippen LogP contribution in [0.3, 0.4) is 0 Å². The van der Waals surface area contributed by atoms with Gasteiger partial charge in [0.25, 0.3) is 0 Å². The molecule has 39 heavy (non-hydrogen) atoms. The molecule has 0 spiro atoms. The van der Waals surface area contributed by atoms with Crippen molar-refractivity contribution in [3.63, 3.8) is 0 Å². The number of fused-ring (bicyclic) bond motifs is 2. The van der Waals surface area contributed by atoms with Crippen LogP contribution in [0.4, 0.5) is 5.82 Å². The molecule has 6 rings (SSSR count). The number of benzene rings is 1. The average Bonchev–Trinajstić information content (AvgIpc) is 3.56. The third-order valence-corrected chi connectivity index (χ3v) is 9.11. The van der Waals surface area contributed by atoms with Crippen LogP contribution in [0.25, 0.3) is 10.9 Å². The van der Waals surface area contributed by atoms with E-state index >= 15 is 0 Å². The average molecular weight is 532 g/mol. The number of carbonyl (C=O) groups is 1. The topological polar surface area (TPSA) is 92.5 Å². The Kier molecular flexibility index (Phi) is 7.84. The molecule has 1 saturated carbocycles. The minimum atomic E-state index is -0.772. The van der Waals surface area contributed by atoms with Gasteiger partial charge >= 0.3 is 5.97 Å². The van der Waals surface area contributed by atoms with Crippen molar-refractivity contribution in [3.05, 3.63) is 53.3 Å². The zero-order chi connectivity index (χ0) is 26.8. The van der Waals surface area contributed by atoms with Crippen LogP contribution in [-0.4, -0.2) is 63.6 Å². The molecule has 0 amide bonds. The van der Waals surface area contributed by atoms with Crippen molar-refractivity contribution in [3.8, 4) is 0 Å². The Labute approximate surface area is 230 Å². The van der Waals surface area contributed by atoms with Gasteiger partial charge in [-0.05, 0) is 75.5 Å². The summed E-state index contributed by atoms with van der Waals surface area (Å²) in [6.07, 6.45) is 13.1. The first-order valence-electron chi connectivity index (χ1n) is 14.8. The minimum absolute atomic E-state index is 0.266. The van der Waals surface area contributed by atoms with E-state index in [-0.39, 0.29) is 12.1 Å². The van der Waals surface area contributed by atoms with Crippen molar-refractivity contribution in [1.29, 1.82) is 0 Å². The number of nitrogens with one attached hydrogen (secondary N) is 1. The zero-order valence-electron chi connectivity index (χ0n) is 23.0. The molecule has 0 radical (unpaired) electrons. The monoisotopic (exact) mass is 531 g/mol. The van der Waals surface area contributed by atoms with Crippen molar-refractivity contribution in [2.24, 2.45) is 5.92 Å². The highest BCUT2D eigenvalue weighted by Gasteiger charge is 2.37. The summed E-state index contributed by atoms with van der Waals surface area (Å²) in [5, 5.41) is 19.5. The van der Waals surface area contributed by atoms with Crippen LogP contribution in [0.2, 0.25) is 0 Å². The molecule has 3 aliphatic rings. The van der Waals surface area contributed by atoms with Gasteiger partial charge in [0.05, 0.1) is 23.9 Å². The number of rotatable bonds is 11. The maximum absolute atomic E-state index is 12.6. The number of hydrogen-bond acceptors (Lipinski definition) is 6. The van der Waals surface area contributed by atoms with Crippen molar-refractivity contribution in [1.82, 2.24) is 19.7 Å². The molecule has 2 atom stereocenters. The van der Waals surface area contributed by atoms with Crippen LogP contribution < -0.4 is 5.32 Å². The lowest BCUT2D eigenvalue weighted by Crippen LogP contribution is -2.35. The molecule has 2 N–H and O–H groups in total. The van der Waals surface area contributed by atoms with Crippen LogP contribution in [0.5, 0.6) is 0 Å². The van der Waals surface area contributed by atoms with Crippen molar-refractivity contribution < 1.29 is 14.6 Å². The Morgan fingerprint density at radius 2 is 2.10 bits per heavy atom. The number of carboxylic acid groups (broad SMARTS) is 1. The summed E-state index contributed by atoms with van der Waals surface area (Å²) in [6.45, 7) is 2.70. The third-order valence-electron chi connectivity index (χ3n) is 9.11. The van der Waals surface area contributed by atoms with Crippen LogP contribution >= 0.6 is 0 Å². The number of aliphatic carboxylic acids is 1. The van der Waals surface area contributed by atoms with Crippen molar-refractivity contribution in [2.45, 2.75) is 82.4 Å². The van der Waals surface area contributed by atoms with E-state index in [9.17, 15) is 9.90 Å². The summed E-state index contributed by atoms with van der Waals surface area (Å²) in [6, 6.07) is 10.1. The number of pyridine rings is 1. The molecule has 3 aromatic rings. The number of aryl methyl sites for hydroxylation is 2. The molecule has 1 aliphatic carbocycles. The minimum Gasteiger partial charge on any atom is -0.480 e. The summed E-state index contributed by atoms with van der Waals surface area (Å²) >= 11 is 0. The number of carboxylic acids is 1. The number of nitrogens with zero attached hydrogens (tertiary/aromatic N) is 4. The van der Waals surface area contributed by atoms with Gasteiger partial charge in [-0.3, -0.25) is 14.4 Å². The molecule has 208 valence electrons. The fourth-order valence-corrected chi connectivity index (χ4v) is 6.80. The van der Waals surface area contributed by atoms with Gasteiger partial charge in [-0.1, -0.05) is 37.1 Å². The molecule has 0 unspecified atom stereocenters. The maximum Gasteiger partial charge on any atom is 0.325 e. The molecule has 1 aromatic carbocycles. The van der Waals surface area contributed by atoms with E-state index in [2.05, 4.69) is 32.1 Å². The second kappa shape index (κ2) is 11.6. The number of unbranched alkanes of at least 4 members (excludes halogenated alkanes) is 2. The quantitative estimate of drug-likeness (QED) is 0.321. The lowest BCUT2D eigenvalue weighted by Gasteiger charge is -2.35. The van der Waals surface area contributed by atoms with Crippen LogP contribution in [0.15, 0.2) is 36.5 Å². The van der Waals surface area contributed by atoms with Crippen LogP contribution in [0, 0.1) is 5.92 Å². The smallest absolute Gasteiger partial charge is 0.325 e. The molecule has 2 aromatic heterocycles. The number of aromatic nitrogens is 3. The summed E-state index contributed by atoms with van der Waals surface area (Å²) in [5.74, 6) is 0.867. The Morgan fingerprint density at radius 3 is 2.95 bits per heavy atom. The van der Waals surface area contributed by atoms with Gasteiger partial charge in [0, 0.05) is 36.8 Å². The Bertz CT molecular complexity index is 1300. The van der Waals surface area contributed by atoms with E-state index in [1.54, 1.807) is 7.11 Å². The van der Waals surface area contributed by atoms with E-state index in [0.29, 0.717) is 5.92 Å². The normalized spacial score (nSPS) is 23.8. The highest BCUT2D eigenvalue weighted by Crippen LogP contribution is 2.39. The summed E-state index contributed by atoms with van der Waals surface area (Å²) in [5.41, 5.74) is 4.37. The third kappa shape index (κ3) is 5.54. The predicted molar refractivity (Wildman–Crippen MR) is 152 cm³/mol. The van der Waals surface area contributed by atoms with Gasteiger partial charge in [-0.25, -0.2) is 4.98 Å². The first kappa shape index (κ1) is 26.3. The zero-order valence-corrected chi connectivity index (χ0v) is 23.0. The van der Waals surface area contributed by atoms with Gasteiger partial charge in [-0.2, -0.15) is 5.10 Å². The standard InChI is InChI=1S/C31H41N5O3/c1-39-26-17-25(18-26)36-28-23(19-33-36)8-5-11-27(28)29(31(37)38)35-16-14-21(20-35)7-3-2-4-10-24-13-12-22-9-6-15-32-30(22)34-24/h5,8,11-13,19,21,25-26,29H,2-4,6-7,9-10,14-18,20H2,1H3,(H,32,34)(H,37,38)/t21-,25-,26-,29+/m1/s1. The lowest BCUT2D eigenvalue weighted by molar-refractivity contribution is -0.143. The van der Waals surface area contributed by atoms with Gasteiger partial charge in [0.15, 0.2) is 0 Å². The molecular weight excluding hydrogens is 490 g/mol. The predicted octanol–water partition coefficient (Wildman–Crippen LogP) is 5.39. The van der Waals surface area contributed by atoms with Crippen molar-refractivity contribution in [2.75, 3.05) is 32.1 Å². The number of methoxy groups -OCH3 is 1. The molecule has 4 heterocycles. The van der Waals surface area contributed by atoms with Gasteiger partial charge in [0.2, 0.25) is 0 Å². The second-order valence-corrected chi connectivity index (χ2v) is 11.7. The maximum atomic E-state index is 12.6. The number of likely N-dealkylation sites (tertiary alicyclic amines) is 1. The number of para-hydroxylation sites is 1. The van der Waals surface area contributed by atoms with Gasteiger partial charge < -0.3 is 15.2 Å². The highest BCUT2D eigenvalue weighted by molar-refractivity contribution is 5.88. The fourth-order valence-electron chi connectivity index (χ4n) is 6.80. The van der Waals surface area contributed by atoms with Gasteiger partial charge in [0.1, 0.15) is 11.9 Å². The molecule has 8 heteroatoms. The van der Waals surface area contributed by atoms with Gasteiger partial charge in [-0.15, -0.1) is 0 Å². The summed E-state index contributed by atoms with van der Waals surface area (Å²) in [7, 11) is 1.75. The van der Waals surface area contributed by atoms with E-state index in [4.69, 9.17) is 9.72 Å². The van der Waals surface area contributed by atoms with Crippen LogP contribution in [-0.2, 0) is 22.4 Å². The lowest BCUT2D eigenvalue weighted by atomic mass is 9.89.